The molecule has 0 aromatic heterocycles. The number of hydrogen-bond acceptors (Lipinski definition) is 0. The lowest BCUT2D eigenvalue weighted by molar-refractivity contribution is -0.0862. The van der Waals surface area contributed by atoms with Crippen LogP contribution in [0.3, 0.4) is 0 Å². The maximum atomic E-state index is 2.63. The standard InChI is InChI=1S/C14H22/c1-12-7-8-13(2)9-5-4-6-14(13,3)11(12)10(9)12/h9-11H,4-8H2,1-3H3/t9-,10+,11-,12+,13+,14-/m0/s1. The largest absolute Gasteiger partial charge is 0.0591 e. The molecular formula is C14H22. The molecule has 0 aromatic rings. The molecule has 14 heavy (non-hydrogen) atoms. The topological polar surface area (TPSA) is 0 Å². The minimum Gasteiger partial charge on any atom is -0.0591 e. The predicted octanol–water partition coefficient (Wildman–Crippen LogP) is 3.86. The Balaban J connectivity index is 1.93. The summed E-state index contributed by atoms with van der Waals surface area (Å²) in [5, 5.41) is 0. The Morgan fingerprint density at radius 3 is 2.43 bits per heavy atom. The summed E-state index contributed by atoms with van der Waals surface area (Å²) in [6, 6.07) is 0. The van der Waals surface area contributed by atoms with Crippen molar-refractivity contribution < 1.29 is 0 Å². The molecule has 5 aliphatic carbocycles. The van der Waals surface area contributed by atoms with E-state index >= 15 is 0 Å². The second kappa shape index (κ2) is 1.83. The third-order valence-electron chi connectivity index (χ3n) is 7.36. The zero-order valence-corrected chi connectivity index (χ0v) is 9.77. The van der Waals surface area contributed by atoms with Crippen LogP contribution in [0.4, 0.5) is 0 Å². The summed E-state index contributed by atoms with van der Waals surface area (Å²) in [7, 11) is 0. The van der Waals surface area contributed by atoms with Gasteiger partial charge in [-0.3, -0.25) is 0 Å². The predicted molar refractivity (Wildman–Crippen MR) is 57.9 cm³/mol. The molecular weight excluding hydrogens is 168 g/mol. The second-order valence-electron chi connectivity index (χ2n) is 7.34. The van der Waals surface area contributed by atoms with Gasteiger partial charge in [-0.05, 0) is 59.7 Å². The van der Waals surface area contributed by atoms with Crippen LogP contribution in [0.5, 0.6) is 0 Å². The summed E-state index contributed by atoms with van der Waals surface area (Å²) in [6.45, 7) is 7.86. The molecule has 6 bridgehead atoms. The zero-order chi connectivity index (χ0) is 9.77. The van der Waals surface area contributed by atoms with Crippen LogP contribution in [-0.4, -0.2) is 0 Å². The highest BCUT2D eigenvalue weighted by Gasteiger charge is 2.83. The van der Waals surface area contributed by atoms with Crippen molar-refractivity contribution in [1.29, 1.82) is 0 Å². The van der Waals surface area contributed by atoms with Crippen LogP contribution in [-0.2, 0) is 0 Å². The Morgan fingerprint density at radius 2 is 1.71 bits per heavy atom. The Labute approximate surface area is 87.5 Å². The van der Waals surface area contributed by atoms with E-state index in [2.05, 4.69) is 20.8 Å². The average molecular weight is 190 g/mol. The van der Waals surface area contributed by atoms with E-state index in [1.54, 1.807) is 12.8 Å². The molecule has 5 saturated carbocycles. The van der Waals surface area contributed by atoms with Crippen LogP contribution >= 0.6 is 0 Å². The van der Waals surface area contributed by atoms with Gasteiger partial charge in [-0.15, -0.1) is 0 Å². The van der Waals surface area contributed by atoms with Gasteiger partial charge in [-0.2, -0.15) is 0 Å². The lowest BCUT2D eigenvalue weighted by Crippen LogP contribution is -2.50. The van der Waals surface area contributed by atoms with Gasteiger partial charge in [0.25, 0.3) is 0 Å². The molecule has 0 heterocycles. The lowest BCUT2D eigenvalue weighted by Gasteiger charge is -2.57. The van der Waals surface area contributed by atoms with Crippen LogP contribution < -0.4 is 0 Å². The van der Waals surface area contributed by atoms with Crippen LogP contribution in [0.15, 0.2) is 0 Å². The van der Waals surface area contributed by atoms with Gasteiger partial charge in [-0.1, -0.05) is 27.2 Å². The molecule has 5 fully saturated rings. The minimum absolute atomic E-state index is 0.744. The maximum Gasteiger partial charge on any atom is -0.0233 e. The zero-order valence-electron chi connectivity index (χ0n) is 9.77. The highest BCUT2D eigenvalue weighted by atomic mass is 14.9. The van der Waals surface area contributed by atoms with E-state index in [1.165, 1.54) is 19.3 Å². The van der Waals surface area contributed by atoms with Gasteiger partial charge in [0.05, 0.1) is 0 Å². The first-order chi connectivity index (χ1) is 6.54. The van der Waals surface area contributed by atoms with Crippen molar-refractivity contribution in [3.8, 4) is 0 Å². The van der Waals surface area contributed by atoms with Crippen molar-refractivity contribution in [2.24, 2.45) is 34.0 Å². The molecule has 0 amide bonds. The molecule has 5 rings (SSSR count). The van der Waals surface area contributed by atoms with Crippen LogP contribution in [0, 0.1) is 34.0 Å². The number of fused-ring (bicyclic) bond motifs is 1. The Kier molecular flexibility index (Phi) is 1.07. The summed E-state index contributed by atoms with van der Waals surface area (Å²) in [6.07, 6.45) is 7.71. The normalized spacial score (nSPS) is 73.5. The Bertz CT molecular complexity index is 318. The number of hydrogen-bond donors (Lipinski definition) is 0. The van der Waals surface area contributed by atoms with Crippen molar-refractivity contribution in [1.82, 2.24) is 0 Å². The summed E-state index contributed by atoms with van der Waals surface area (Å²) in [5.74, 6) is 3.39. The van der Waals surface area contributed by atoms with Gasteiger partial charge in [-0.25, -0.2) is 0 Å². The maximum absolute atomic E-state index is 2.63. The molecule has 5 aliphatic rings. The van der Waals surface area contributed by atoms with Gasteiger partial charge in [0.1, 0.15) is 0 Å². The SMILES string of the molecule is C[C@]12CC[C@]3(C)[C@H]4CCC[C@@]3(C)[C@H]1[C@@H]42. The highest BCUT2D eigenvalue weighted by molar-refractivity contribution is 5.31. The second-order valence-corrected chi connectivity index (χ2v) is 7.34. The van der Waals surface area contributed by atoms with Crippen molar-refractivity contribution in [3.63, 3.8) is 0 Å². The summed E-state index contributed by atoms with van der Waals surface area (Å²) in [4.78, 5) is 0. The molecule has 0 aliphatic heterocycles. The Morgan fingerprint density at radius 1 is 0.929 bits per heavy atom. The molecule has 0 unspecified atom stereocenters. The third-order valence-corrected chi connectivity index (χ3v) is 7.36. The van der Waals surface area contributed by atoms with E-state index in [0.29, 0.717) is 0 Å². The van der Waals surface area contributed by atoms with Crippen molar-refractivity contribution in [2.45, 2.75) is 52.9 Å². The van der Waals surface area contributed by atoms with Gasteiger partial charge >= 0.3 is 0 Å². The molecule has 0 spiro atoms. The highest BCUT2D eigenvalue weighted by Crippen LogP contribution is 2.89. The first-order valence-corrected chi connectivity index (χ1v) is 6.54. The molecule has 0 radical (unpaired) electrons. The van der Waals surface area contributed by atoms with E-state index in [-0.39, 0.29) is 0 Å². The molecule has 0 aromatic carbocycles. The quantitative estimate of drug-likeness (QED) is 0.544. The van der Waals surface area contributed by atoms with Crippen molar-refractivity contribution in [2.75, 3.05) is 0 Å². The molecule has 0 nitrogen and oxygen atoms in total. The van der Waals surface area contributed by atoms with Crippen molar-refractivity contribution in [3.05, 3.63) is 0 Å². The fourth-order valence-corrected chi connectivity index (χ4v) is 6.54. The summed E-state index contributed by atoms with van der Waals surface area (Å²) in [5.41, 5.74) is 2.30. The molecule has 78 valence electrons. The monoisotopic (exact) mass is 190 g/mol. The van der Waals surface area contributed by atoms with Crippen molar-refractivity contribution >= 4 is 0 Å². The van der Waals surface area contributed by atoms with E-state index in [4.69, 9.17) is 0 Å². The smallest absolute Gasteiger partial charge is 0.0233 e. The minimum atomic E-state index is 0.744. The van der Waals surface area contributed by atoms with E-state index in [0.717, 1.165) is 34.0 Å². The van der Waals surface area contributed by atoms with Gasteiger partial charge in [0, 0.05) is 0 Å². The van der Waals surface area contributed by atoms with Gasteiger partial charge < -0.3 is 0 Å². The summed E-state index contributed by atoms with van der Waals surface area (Å²) < 4.78 is 0. The molecule has 0 heteroatoms. The first-order valence-electron chi connectivity index (χ1n) is 6.54. The van der Waals surface area contributed by atoms with Gasteiger partial charge in [0.15, 0.2) is 0 Å². The summed E-state index contributed by atoms with van der Waals surface area (Å²) >= 11 is 0. The first kappa shape index (κ1) is 8.19. The number of rotatable bonds is 0. The average Bonchev–Trinajstić information content (AvgIpc) is 2.75. The van der Waals surface area contributed by atoms with Crippen LogP contribution in [0.2, 0.25) is 0 Å². The molecule has 0 N–H and O–H groups in total. The fourth-order valence-electron chi connectivity index (χ4n) is 6.54. The van der Waals surface area contributed by atoms with E-state index < -0.39 is 0 Å². The third kappa shape index (κ3) is 0.517. The fraction of sp³-hybridized carbons (Fsp3) is 1.00. The van der Waals surface area contributed by atoms with Crippen LogP contribution in [0.1, 0.15) is 52.9 Å². The molecule has 0 saturated heterocycles. The van der Waals surface area contributed by atoms with E-state index in [9.17, 15) is 0 Å². The molecule has 6 atom stereocenters. The van der Waals surface area contributed by atoms with E-state index in [1.807, 2.05) is 0 Å². The Hall–Kier alpha value is 0. The lowest BCUT2D eigenvalue weighted by atomic mass is 9.47. The van der Waals surface area contributed by atoms with Crippen LogP contribution in [0.25, 0.3) is 0 Å². The van der Waals surface area contributed by atoms with Gasteiger partial charge in [0.2, 0.25) is 0 Å².